The number of hydrogen-bond acceptors (Lipinski definition) is 5. The van der Waals surface area contributed by atoms with Crippen LogP contribution in [-0.4, -0.2) is 18.4 Å². The number of hydrogen-bond donors (Lipinski definition) is 2. The van der Waals surface area contributed by atoms with Gasteiger partial charge in [-0.3, -0.25) is 0 Å². The van der Waals surface area contributed by atoms with Crippen molar-refractivity contribution in [3.63, 3.8) is 0 Å². The summed E-state index contributed by atoms with van der Waals surface area (Å²) in [4.78, 5) is 5.30. The summed E-state index contributed by atoms with van der Waals surface area (Å²) in [5.41, 5.74) is 9.46. The standard InChI is InChI=1S/C13H15N3O2S3/c1-9-12(20-8-15-9)6-16-21(17,18)7-10-2-4-11(5-3-10)13(14)19/h2-5,8,16H,6-7H2,1H3,(H2,14,19). The number of aromatic nitrogens is 1. The molecule has 1 aromatic heterocycles. The van der Waals surface area contributed by atoms with Crippen LogP contribution in [0.3, 0.4) is 0 Å². The van der Waals surface area contributed by atoms with Crippen molar-refractivity contribution in [2.75, 3.05) is 0 Å². The maximum absolute atomic E-state index is 12.0. The van der Waals surface area contributed by atoms with Crippen LogP contribution < -0.4 is 10.5 Å². The van der Waals surface area contributed by atoms with Gasteiger partial charge < -0.3 is 5.73 Å². The van der Waals surface area contributed by atoms with Crippen molar-refractivity contribution in [1.82, 2.24) is 9.71 Å². The normalized spacial score (nSPS) is 11.5. The predicted molar refractivity (Wildman–Crippen MR) is 88.6 cm³/mol. The van der Waals surface area contributed by atoms with Gasteiger partial charge in [-0.1, -0.05) is 36.5 Å². The molecule has 0 saturated carbocycles. The summed E-state index contributed by atoms with van der Waals surface area (Å²) in [6.45, 7) is 2.12. The number of thiazole rings is 1. The largest absolute Gasteiger partial charge is 0.389 e. The molecule has 1 aromatic carbocycles. The van der Waals surface area contributed by atoms with E-state index in [-0.39, 0.29) is 12.3 Å². The Morgan fingerprint density at radius 1 is 1.38 bits per heavy atom. The van der Waals surface area contributed by atoms with E-state index in [0.29, 0.717) is 10.6 Å². The second-order valence-corrected chi connectivity index (χ2v) is 7.69. The van der Waals surface area contributed by atoms with Gasteiger partial charge in [0.25, 0.3) is 0 Å². The quantitative estimate of drug-likeness (QED) is 0.781. The Hall–Kier alpha value is -1.35. The highest BCUT2D eigenvalue weighted by Gasteiger charge is 2.13. The van der Waals surface area contributed by atoms with Gasteiger partial charge in [-0.05, 0) is 12.5 Å². The first-order valence-electron chi connectivity index (χ1n) is 6.12. The van der Waals surface area contributed by atoms with E-state index in [4.69, 9.17) is 18.0 Å². The minimum absolute atomic E-state index is 0.0809. The molecule has 3 N–H and O–H groups in total. The third-order valence-electron chi connectivity index (χ3n) is 2.89. The van der Waals surface area contributed by atoms with Gasteiger partial charge in [0.1, 0.15) is 4.99 Å². The van der Waals surface area contributed by atoms with E-state index >= 15 is 0 Å². The second kappa shape index (κ2) is 6.61. The van der Waals surface area contributed by atoms with Crippen molar-refractivity contribution in [3.8, 4) is 0 Å². The topological polar surface area (TPSA) is 85.1 Å². The number of nitrogens with zero attached hydrogens (tertiary/aromatic N) is 1. The maximum atomic E-state index is 12.0. The Labute approximate surface area is 133 Å². The molecule has 0 atom stereocenters. The van der Waals surface area contributed by atoms with Crippen molar-refractivity contribution in [3.05, 3.63) is 51.5 Å². The molecule has 0 saturated heterocycles. The minimum atomic E-state index is -3.40. The second-order valence-electron chi connectivity index (χ2n) is 4.50. The summed E-state index contributed by atoms with van der Waals surface area (Å²) in [6, 6.07) is 6.87. The number of sulfonamides is 1. The molecule has 5 nitrogen and oxygen atoms in total. The molecule has 0 amide bonds. The van der Waals surface area contributed by atoms with Gasteiger partial charge in [-0.2, -0.15) is 0 Å². The van der Waals surface area contributed by atoms with Crippen LogP contribution in [0.2, 0.25) is 0 Å². The SMILES string of the molecule is Cc1ncsc1CNS(=O)(=O)Cc1ccc(C(N)=S)cc1. The molecule has 8 heteroatoms. The average molecular weight is 341 g/mol. The molecule has 0 unspecified atom stereocenters. The Morgan fingerprint density at radius 3 is 2.57 bits per heavy atom. The monoisotopic (exact) mass is 341 g/mol. The number of nitrogens with one attached hydrogen (secondary N) is 1. The van der Waals surface area contributed by atoms with Crippen molar-refractivity contribution in [2.24, 2.45) is 5.73 Å². The molecule has 2 aromatic rings. The Bertz CT molecular complexity index is 736. The third kappa shape index (κ3) is 4.57. The van der Waals surface area contributed by atoms with Gasteiger partial charge in [0, 0.05) is 17.0 Å². The molecule has 0 spiro atoms. The van der Waals surface area contributed by atoms with Crippen LogP contribution in [-0.2, 0) is 22.3 Å². The van der Waals surface area contributed by atoms with Crippen molar-refractivity contribution in [2.45, 2.75) is 19.2 Å². The summed E-state index contributed by atoms with van der Waals surface area (Å²) in [7, 11) is -3.40. The summed E-state index contributed by atoms with van der Waals surface area (Å²) < 4.78 is 26.7. The first kappa shape index (κ1) is 16.0. The molecule has 0 aliphatic carbocycles. The zero-order valence-corrected chi connectivity index (χ0v) is 13.8. The van der Waals surface area contributed by atoms with Gasteiger partial charge in [0.2, 0.25) is 10.0 Å². The molecular weight excluding hydrogens is 326 g/mol. The lowest BCUT2D eigenvalue weighted by atomic mass is 10.1. The van der Waals surface area contributed by atoms with Gasteiger partial charge >= 0.3 is 0 Å². The molecule has 0 bridgehead atoms. The average Bonchev–Trinajstić information content (AvgIpc) is 2.82. The van der Waals surface area contributed by atoms with E-state index in [1.807, 2.05) is 6.92 Å². The zero-order chi connectivity index (χ0) is 15.5. The highest BCUT2D eigenvalue weighted by atomic mass is 32.2. The molecule has 1 heterocycles. The van der Waals surface area contributed by atoms with Crippen LogP contribution in [0.5, 0.6) is 0 Å². The van der Waals surface area contributed by atoms with Crippen LogP contribution >= 0.6 is 23.6 Å². The zero-order valence-electron chi connectivity index (χ0n) is 11.4. The number of aryl methyl sites for hydroxylation is 1. The van der Waals surface area contributed by atoms with Crippen molar-refractivity contribution >= 4 is 38.6 Å². The van der Waals surface area contributed by atoms with Crippen LogP contribution in [0.25, 0.3) is 0 Å². The molecule has 112 valence electrons. The number of thiocarbonyl (C=S) groups is 1. The van der Waals surface area contributed by atoms with E-state index in [9.17, 15) is 8.42 Å². The first-order chi connectivity index (χ1) is 9.87. The minimum Gasteiger partial charge on any atom is -0.389 e. The fraction of sp³-hybridized carbons (Fsp3) is 0.231. The molecule has 0 radical (unpaired) electrons. The van der Waals surface area contributed by atoms with Crippen LogP contribution in [0.15, 0.2) is 29.8 Å². The highest BCUT2D eigenvalue weighted by Crippen LogP contribution is 2.13. The summed E-state index contributed by atoms with van der Waals surface area (Å²) in [6.07, 6.45) is 0. The summed E-state index contributed by atoms with van der Waals surface area (Å²) in [5.74, 6) is -0.0809. The molecule has 0 aliphatic rings. The van der Waals surface area contributed by atoms with E-state index in [0.717, 1.165) is 16.1 Å². The predicted octanol–water partition coefficient (Wildman–Crippen LogP) is 1.71. The van der Waals surface area contributed by atoms with Gasteiger partial charge in [-0.25, -0.2) is 18.1 Å². The number of rotatable bonds is 6. The van der Waals surface area contributed by atoms with Gasteiger partial charge in [0.15, 0.2) is 0 Å². The smallest absolute Gasteiger partial charge is 0.216 e. The lowest BCUT2D eigenvalue weighted by Gasteiger charge is -2.07. The Morgan fingerprint density at radius 2 is 2.05 bits per heavy atom. The molecule has 2 rings (SSSR count). The molecule has 0 fully saturated rings. The first-order valence-corrected chi connectivity index (χ1v) is 9.06. The summed E-state index contributed by atoms with van der Waals surface area (Å²) >= 11 is 6.29. The number of benzene rings is 1. The van der Waals surface area contributed by atoms with Gasteiger partial charge in [-0.15, -0.1) is 11.3 Å². The van der Waals surface area contributed by atoms with Gasteiger partial charge in [0.05, 0.1) is 17.0 Å². The Kier molecular flexibility index (Phi) is 5.04. The van der Waals surface area contributed by atoms with E-state index in [2.05, 4.69) is 9.71 Å². The number of nitrogens with two attached hydrogens (primary N) is 1. The molecule has 21 heavy (non-hydrogen) atoms. The molecule has 0 aliphatic heterocycles. The lowest BCUT2D eigenvalue weighted by Crippen LogP contribution is -2.24. The summed E-state index contributed by atoms with van der Waals surface area (Å²) in [5, 5.41) is 0. The Balaban J connectivity index is 2.00. The lowest BCUT2D eigenvalue weighted by molar-refractivity contribution is 0.581. The van der Waals surface area contributed by atoms with E-state index in [1.165, 1.54) is 11.3 Å². The van der Waals surface area contributed by atoms with E-state index in [1.54, 1.807) is 29.8 Å². The maximum Gasteiger partial charge on any atom is 0.216 e. The van der Waals surface area contributed by atoms with Crippen molar-refractivity contribution in [1.29, 1.82) is 0 Å². The van der Waals surface area contributed by atoms with Crippen LogP contribution in [0.1, 0.15) is 21.7 Å². The molecular formula is C13H15N3O2S3. The third-order valence-corrected chi connectivity index (χ3v) is 5.36. The fourth-order valence-electron chi connectivity index (χ4n) is 1.71. The highest BCUT2D eigenvalue weighted by molar-refractivity contribution is 7.88. The fourth-order valence-corrected chi connectivity index (χ4v) is 3.75. The van der Waals surface area contributed by atoms with Crippen molar-refractivity contribution < 1.29 is 8.42 Å². The van der Waals surface area contributed by atoms with Crippen LogP contribution in [0.4, 0.5) is 0 Å². The van der Waals surface area contributed by atoms with E-state index < -0.39 is 10.0 Å². The van der Waals surface area contributed by atoms with Crippen LogP contribution in [0, 0.1) is 6.92 Å².